The van der Waals surface area contributed by atoms with Gasteiger partial charge in [-0.3, -0.25) is 10.1 Å². The maximum atomic E-state index is 10.9. The normalized spacial score (nSPS) is 12.3. The minimum absolute atomic E-state index is 0.0641. The molecule has 106 valence electrons. The molecule has 0 saturated carbocycles. The Labute approximate surface area is 113 Å². The van der Waals surface area contributed by atoms with Gasteiger partial charge in [0, 0.05) is 37.7 Å². The molecule has 0 bridgehead atoms. The van der Waals surface area contributed by atoms with Crippen LogP contribution in [-0.2, 0) is 4.74 Å². The van der Waals surface area contributed by atoms with Crippen molar-refractivity contribution in [2.75, 3.05) is 31.4 Å². The van der Waals surface area contributed by atoms with E-state index in [1.165, 1.54) is 12.1 Å². The van der Waals surface area contributed by atoms with Crippen molar-refractivity contribution in [3.05, 3.63) is 28.3 Å². The molecule has 0 aliphatic rings. The van der Waals surface area contributed by atoms with E-state index < -0.39 is 4.92 Å². The Bertz CT molecular complexity index is 435. The van der Waals surface area contributed by atoms with Crippen molar-refractivity contribution < 1.29 is 9.66 Å². The van der Waals surface area contributed by atoms with Crippen molar-refractivity contribution >= 4 is 17.1 Å². The number of rotatable bonds is 7. The molecule has 1 unspecified atom stereocenters. The number of methoxy groups -OCH3 is 1. The van der Waals surface area contributed by atoms with Gasteiger partial charge in [-0.1, -0.05) is 13.8 Å². The van der Waals surface area contributed by atoms with Gasteiger partial charge in [-0.15, -0.1) is 0 Å². The van der Waals surface area contributed by atoms with Gasteiger partial charge in [0.05, 0.1) is 17.6 Å². The smallest absolute Gasteiger partial charge is 0.273 e. The largest absolute Gasteiger partial charge is 0.388 e. The van der Waals surface area contributed by atoms with Crippen molar-refractivity contribution in [1.82, 2.24) is 0 Å². The highest BCUT2D eigenvalue weighted by molar-refractivity contribution is 5.63. The van der Waals surface area contributed by atoms with Crippen LogP contribution in [0, 0.1) is 16.0 Å². The molecule has 1 aromatic rings. The number of benzene rings is 1. The van der Waals surface area contributed by atoms with E-state index in [0.29, 0.717) is 23.9 Å². The van der Waals surface area contributed by atoms with Crippen LogP contribution in [0.5, 0.6) is 0 Å². The van der Waals surface area contributed by atoms with E-state index in [4.69, 9.17) is 4.74 Å². The number of hydrogen-bond donors (Lipinski definition) is 2. The fraction of sp³-hybridized carbons (Fsp3) is 0.538. The molecule has 0 fully saturated rings. The van der Waals surface area contributed by atoms with Crippen molar-refractivity contribution in [1.29, 1.82) is 0 Å². The third-order valence-electron chi connectivity index (χ3n) is 2.92. The van der Waals surface area contributed by atoms with Crippen LogP contribution in [0.2, 0.25) is 0 Å². The molecule has 0 heterocycles. The van der Waals surface area contributed by atoms with Crippen molar-refractivity contribution in [3.8, 4) is 0 Å². The Hall–Kier alpha value is -1.82. The summed E-state index contributed by atoms with van der Waals surface area (Å²) in [7, 11) is 3.38. The molecule has 0 spiro atoms. The second kappa shape index (κ2) is 6.94. The summed E-state index contributed by atoms with van der Waals surface area (Å²) in [6.07, 6.45) is 0. The number of non-ortho nitro benzene ring substituents is 1. The van der Waals surface area contributed by atoms with Gasteiger partial charge in [-0.25, -0.2) is 0 Å². The topological polar surface area (TPSA) is 76.4 Å². The highest BCUT2D eigenvalue weighted by atomic mass is 16.6. The molecule has 0 radical (unpaired) electrons. The second-order valence-corrected chi connectivity index (χ2v) is 4.73. The van der Waals surface area contributed by atoms with E-state index in [1.807, 2.05) is 6.07 Å². The molecular weight excluding hydrogens is 246 g/mol. The van der Waals surface area contributed by atoms with Crippen LogP contribution in [-0.4, -0.2) is 31.7 Å². The summed E-state index contributed by atoms with van der Waals surface area (Å²) in [5.41, 5.74) is 1.49. The fourth-order valence-corrected chi connectivity index (χ4v) is 1.74. The van der Waals surface area contributed by atoms with Crippen LogP contribution < -0.4 is 10.6 Å². The highest BCUT2D eigenvalue weighted by Gasteiger charge is 2.15. The molecule has 1 aromatic carbocycles. The van der Waals surface area contributed by atoms with Gasteiger partial charge < -0.3 is 15.4 Å². The van der Waals surface area contributed by atoms with Gasteiger partial charge in [-0.2, -0.15) is 0 Å². The van der Waals surface area contributed by atoms with Crippen LogP contribution in [0.15, 0.2) is 18.2 Å². The predicted molar refractivity (Wildman–Crippen MR) is 76.8 cm³/mol. The zero-order valence-corrected chi connectivity index (χ0v) is 11.8. The van der Waals surface area contributed by atoms with Gasteiger partial charge in [0.15, 0.2) is 0 Å². The predicted octanol–water partition coefficient (Wildman–Crippen LogP) is 2.72. The molecule has 0 saturated heterocycles. The number of hydrogen-bond acceptors (Lipinski definition) is 5. The van der Waals surface area contributed by atoms with Crippen molar-refractivity contribution in [3.63, 3.8) is 0 Å². The molecule has 0 amide bonds. The first-order valence-corrected chi connectivity index (χ1v) is 6.20. The van der Waals surface area contributed by atoms with Gasteiger partial charge in [0.2, 0.25) is 0 Å². The summed E-state index contributed by atoms with van der Waals surface area (Å²) in [5, 5.41) is 17.1. The monoisotopic (exact) mass is 267 g/mol. The molecule has 19 heavy (non-hydrogen) atoms. The second-order valence-electron chi connectivity index (χ2n) is 4.73. The number of anilines is 2. The Morgan fingerprint density at radius 2 is 1.95 bits per heavy atom. The van der Waals surface area contributed by atoms with Gasteiger partial charge in [-0.05, 0) is 12.0 Å². The number of nitrogens with one attached hydrogen (secondary N) is 2. The van der Waals surface area contributed by atoms with Gasteiger partial charge >= 0.3 is 0 Å². The standard InChI is InChI=1S/C13H21N3O3/c1-9(2)13(8-19-4)15-11-5-10(14-3)6-12(7-11)16(17)18/h5-7,9,13-15H,8H2,1-4H3. The van der Waals surface area contributed by atoms with E-state index in [-0.39, 0.29) is 11.7 Å². The number of ether oxygens (including phenoxy) is 1. The van der Waals surface area contributed by atoms with E-state index in [1.54, 1.807) is 14.2 Å². The van der Waals surface area contributed by atoms with Crippen LogP contribution in [0.4, 0.5) is 17.1 Å². The van der Waals surface area contributed by atoms with Crippen molar-refractivity contribution in [2.24, 2.45) is 5.92 Å². The molecular formula is C13H21N3O3. The van der Waals surface area contributed by atoms with E-state index in [2.05, 4.69) is 24.5 Å². The minimum atomic E-state index is -0.396. The Morgan fingerprint density at radius 3 is 2.42 bits per heavy atom. The lowest BCUT2D eigenvalue weighted by Gasteiger charge is -2.23. The zero-order valence-electron chi connectivity index (χ0n) is 11.8. The maximum absolute atomic E-state index is 10.9. The highest BCUT2D eigenvalue weighted by Crippen LogP contribution is 2.25. The van der Waals surface area contributed by atoms with Crippen molar-refractivity contribution in [2.45, 2.75) is 19.9 Å². The summed E-state index contributed by atoms with van der Waals surface area (Å²) in [4.78, 5) is 10.5. The first-order valence-electron chi connectivity index (χ1n) is 6.20. The fourth-order valence-electron chi connectivity index (χ4n) is 1.74. The molecule has 1 atom stereocenters. The molecule has 1 rings (SSSR count). The first kappa shape index (κ1) is 15.2. The SMILES string of the molecule is CNc1cc(NC(COC)C(C)C)cc([N+](=O)[O-])c1. The summed E-state index contributed by atoms with van der Waals surface area (Å²) >= 11 is 0. The molecule has 0 aromatic heterocycles. The Morgan fingerprint density at radius 1 is 1.32 bits per heavy atom. The summed E-state index contributed by atoms with van der Waals surface area (Å²) < 4.78 is 5.16. The zero-order chi connectivity index (χ0) is 14.4. The molecule has 6 nitrogen and oxygen atoms in total. The molecule has 6 heteroatoms. The number of nitro groups is 1. The number of nitrogens with zero attached hydrogens (tertiary/aromatic N) is 1. The molecule has 0 aliphatic carbocycles. The summed E-state index contributed by atoms with van der Waals surface area (Å²) in [6, 6.07) is 4.99. The van der Waals surface area contributed by atoms with Gasteiger partial charge in [0.25, 0.3) is 5.69 Å². The Balaban J connectivity index is 2.98. The van der Waals surface area contributed by atoms with Crippen LogP contribution in [0.25, 0.3) is 0 Å². The first-order chi connectivity index (χ1) is 8.97. The third-order valence-corrected chi connectivity index (χ3v) is 2.92. The van der Waals surface area contributed by atoms with Crippen LogP contribution >= 0.6 is 0 Å². The lowest BCUT2D eigenvalue weighted by Crippen LogP contribution is -2.30. The van der Waals surface area contributed by atoms with E-state index in [9.17, 15) is 10.1 Å². The maximum Gasteiger partial charge on any atom is 0.273 e. The lowest BCUT2D eigenvalue weighted by atomic mass is 10.0. The minimum Gasteiger partial charge on any atom is -0.388 e. The summed E-state index contributed by atoms with van der Waals surface area (Å²) in [5.74, 6) is 0.359. The lowest BCUT2D eigenvalue weighted by molar-refractivity contribution is -0.384. The van der Waals surface area contributed by atoms with E-state index >= 15 is 0 Å². The average Bonchev–Trinajstić information content (AvgIpc) is 2.37. The van der Waals surface area contributed by atoms with Gasteiger partial charge in [0.1, 0.15) is 0 Å². The number of nitro benzene ring substituents is 1. The van der Waals surface area contributed by atoms with Crippen LogP contribution in [0.3, 0.4) is 0 Å². The quantitative estimate of drug-likeness (QED) is 0.586. The average molecular weight is 267 g/mol. The van der Waals surface area contributed by atoms with Crippen LogP contribution in [0.1, 0.15) is 13.8 Å². The van der Waals surface area contributed by atoms with E-state index in [0.717, 1.165) is 0 Å². The molecule has 2 N–H and O–H groups in total. The third kappa shape index (κ3) is 4.40. The Kier molecular flexibility index (Phi) is 5.57. The molecule has 0 aliphatic heterocycles. The summed E-state index contributed by atoms with van der Waals surface area (Å²) in [6.45, 7) is 4.70.